The summed E-state index contributed by atoms with van der Waals surface area (Å²) in [5.41, 5.74) is 3.93. The standard InChI is InChI=1S/C16H18N2O2/c1-12-10-15(16(18(19)20)11-13(12)2)17-9-8-14-6-4-3-5-7-14/h3-7,10-11,17H,8-9H2,1-2H3. The highest BCUT2D eigenvalue weighted by atomic mass is 16.6. The van der Waals surface area contributed by atoms with Gasteiger partial charge in [-0.15, -0.1) is 0 Å². The van der Waals surface area contributed by atoms with Crippen molar-refractivity contribution in [1.82, 2.24) is 0 Å². The number of nitrogens with zero attached hydrogens (tertiary/aromatic N) is 1. The molecule has 0 unspecified atom stereocenters. The van der Waals surface area contributed by atoms with Crippen molar-refractivity contribution in [3.8, 4) is 0 Å². The van der Waals surface area contributed by atoms with Gasteiger partial charge in [0.15, 0.2) is 0 Å². The quantitative estimate of drug-likeness (QED) is 0.663. The molecular formula is C16H18N2O2. The van der Waals surface area contributed by atoms with Gasteiger partial charge in [0.1, 0.15) is 5.69 Å². The maximum absolute atomic E-state index is 11.1. The Hall–Kier alpha value is -2.36. The zero-order valence-corrected chi connectivity index (χ0v) is 11.7. The number of hydrogen-bond donors (Lipinski definition) is 1. The van der Waals surface area contributed by atoms with E-state index in [9.17, 15) is 10.1 Å². The van der Waals surface area contributed by atoms with E-state index in [0.717, 1.165) is 17.5 Å². The van der Waals surface area contributed by atoms with Crippen LogP contribution in [0.4, 0.5) is 11.4 Å². The minimum atomic E-state index is -0.336. The van der Waals surface area contributed by atoms with E-state index in [1.165, 1.54) is 5.56 Å². The number of nitrogens with one attached hydrogen (secondary N) is 1. The summed E-state index contributed by atoms with van der Waals surface area (Å²) in [6, 6.07) is 13.5. The SMILES string of the molecule is Cc1cc(NCCc2ccccc2)c([N+](=O)[O-])cc1C. The van der Waals surface area contributed by atoms with Gasteiger partial charge in [0, 0.05) is 12.6 Å². The second kappa shape index (κ2) is 6.19. The maximum Gasteiger partial charge on any atom is 0.292 e. The molecule has 0 bridgehead atoms. The molecule has 0 aromatic heterocycles. The van der Waals surface area contributed by atoms with Gasteiger partial charge in [-0.2, -0.15) is 0 Å². The molecule has 0 fully saturated rings. The Balaban J connectivity index is 2.09. The average Bonchev–Trinajstić information content (AvgIpc) is 2.43. The van der Waals surface area contributed by atoms with Crippen molar-refractivity contribution in [2.24, 2.45) is 0 Å². The molecule has 4 heteroatoms. The lowest BCUT2D eigenvalue weighted by Gasteiger charge is -2.09. The molecule has 0 atom stereocenters. The first kappa shape index (κ1) is 14.1. The summed E-state index contributed by atoms with van der Waals surface area (Å²) >= 11 is 0. The number of rotatable bonds is 5. The van der Waals surface area contributed by atoms with Crippen LogP contribution < -0.4 is 5.32 Å². The van der Waals surface area contributed by atoms with Crippen LogP contribution in [0.3, 0.4) is 0 Å². The molecule has 0 saturated carbocycles. The van der Waals surface area contributed by atoms with Gasteiger partial charge in [0.25, 0.3) is 5.69 Å². The fourth-order valence-corrected chi connectivity index (χ4v) is 2.08. The van der Waals surface area contributed by atoms with E-state index >= 15 is 0 Å². The third kappa shape index (κ3) is 3.35. The molecule has 104 valence electrons. The molecule has 0 heterocycles. The van der Waals surface area contributed by atoms with Crippen molar-refractivity contribution in [1.29, 1.82) is 0 Å². The van der Waals surface area contributed by atoms with Crippen LogP contribution in [0.2, 0.25) is 0 Å². The molecule has 2 rings (SSSR count). The number of nitro groups is 1. The van der Waals surface area contributed by atoms with Crippen LogP contribution in [-0.4, -0.2) is 11.5 Å². The monoisotopic (exact) mass is 270 g/mol. The third-order valence-electron chi connectivity index (χ3n) is 3.38. The first-order valence-electron chi connectivity index (χ1n) is 6.61. The second-order valence-corrected chi connectivity index (χ2v) is 4.87. The van der Waals surface area contributed by atoms with Gasteiger partial charge < -0.3 is 5.32 Å². The number of hydrogen-bond acceptors (Lipinski definition) is 3. The van der Waals surface area contributed by atoms with Crippen molar-refractivity contribution in [2.75, 3.05) is 11.9 Å². The summed E-state index contributed by atoms with van der Waals surface area (Å²) in [4.78, 5) is 10.7. The first-order chi connectivity index (χ1) is 9.58. The van der Waals surface area contributed by atoms with E-state index in [1.54, 1.807) is 6.07 Å². The van der Waals surface area contributed by atoms with Crippen LogP contribution in [0, 0.1) is 24.0 Å². The normalized spacial score (nSPS) is 10.3. The van der Waals surface area contributed by atoms with Gasteiger partial charge in [0.05, 0.1) is 4.92 Å². The summed E-state index contributed by atoms with van der Waals surface area (Å²) in [5, 5.41) is 14.3. The van der Waals surface area contributed by atoms with Gasteiger partial charge in [-0.1, -0.05) is 30.3 Å². The Morgan fingerprint density at radius 2 is 1.75 bits per heavy atom. The van der Waals surface area contributed by atoms with Crippen molar-refractivity contribution in [3.05, 3.63) is 69.3 Å². The minimum absolute atomic E-state index is 0.140. The van der Waals surface area contributed by atoms with Crippen molar-refractivity contribution < 1.29 is 4.92 Å². The van der Waals surface area contributed by atoms with Crippen LogP contribution in [0.1, 0.15) is 16.7 Å². The molecule has 2 aromatic rings. The third-order valence-corrected chi connectivity index (χ3v) is 3.38. The minimum Gasteiger partial charge on any atom is -0.379 e. The van der Waals surface area contributed by atoms with Crippen LogP contribution >= 0.6 is 0 Å². The van der Waals surface area contributed by atoms with Crippen LogP contribution in [-0.2, 0) is 6.42 Å². The fourth-order valence-electron chi connectivity index (χ4n) is 2.08. The highest BCUT2D eigenvalue weighted by Gasteiger charge is 2.14. The molecule has 0 amide bonds. The zero-order chi connectivity index (χ0) is 14.5. The molecule has 2 aromatic carbocycles. The lowest BCUT2D eigenvalue weighted by atomic mass is 10.1. The smallest absolute Gasteiger partial charge is 0.292 e. The van der Waals surface area contributed by atoms with Gasteiger partial charge in [0.2, 0.25) is 0 Å². The molecule has 0 saturated heterocycles. The lowest BCUT2D eigenvalue weighted by molar-refractivity contribution is -0.384. The summed E-state index contributed by atoms with van der Waals surface area (Å²) in [7, 11) is 0. The van der Waals surface area contributed by atoms with E-state index in [2.05, 4.69) is 17.4 Å². The second-order valence-electron chi connectivity index (χ2n) is 4.87. The van der Waals surface area contributed by atoms with Gasteiger partial charge in [-0.25, -0.2) is 0 Å². The Morgan fingerprint density at radius 3 is 2.40 bits per heavy atom. The number of nitro benzene ring substituents is 1. The average molecular weight is 270 g/mol. The number of anilines is 1. The van der Waals surface area contributed by atoms with E-state index in [-0.39, 0.29) is 10.6 Å². The first-order valence-corrected chi connectivity index (χ1v) is 6.61. The molecule has 0 spiro atoms. The van der Waals surface area contributed by atoms with Crippen molar-refractivity contribution >= 4 is 11.4 Å². The van der Waals surface area contributed by atoms with E-state index in [1.807, 2.05) is 38.1 Å². The summed E-state index contributed by atoms with van der Waals surface area (Å²) in [6.07, 6.45) is 0.838. The molecule has 0 aliphatic carbocycles. The highest BCUT2D eigenvalue weighted by molar-refractivity contribution is 5.64. The number of aryl methyl sites for hydroxylation is 2. The Labute approximate surface area is 118 Å². The van der Waals surface area contributed by atoms with Crippen LogP contribution in [0.15, 0.2) is 42.5 Å². The molecule has 4 nitrogen and oxygen atoms in total. The topological polar surface area (TPSA) is 55.2 Å². The Kier molecular flexibility index (Phi) is 4.35. The Bertz CT molecular complexity index is 609. The molecule has 1 N–H and O–H groups in total. The maximum atomic E-state index is 11.1. The molecule has 20 heavy (non-hydrogen) atoms. The number of benzene rings is 2. The molecule has 0 aliphatic heterocycles. The van der Waals surface area contributed by atoms with E-state index in [4.69, 9.17) is 0 Å². The van der Waals surface area contributed by atoms with Crippen molar-refractivity contribution in [3.63, 3.8) is 0 Å². The predicted octanol–water partition coefficient (Wildman–Crippen LogP) is 3.87. The van der Waals surface area contributed by atoms with E-state index < -0.39 is 0 Å². The largest absolute Gasteiger partial charge is 0.379 e. The summed E-state index contributed by atoms with van der Waals surface area (Å²) < 4.78 is 0. The summed E-state index contributed by atoms with van der Waals surface area (Å²) in [6.45, 7) is 4.52. The fraction of sp³-hybridized carbons (Fsp3) is 0.250. The van der Waals surface area contributed by atoms with Gasteiger partial charge >= 0.3 is 0 Å². The van der Waals surface area contributed by atoms with Crippen LogP contribution in [0.5, 0.6) is 0 Å². The van der Waals surface area contributed by atoms with Crippen molar-refractivity contribution in [2.45, 2.75) is 20.3 Å². The zero-order valence-electron chi connectivity index (χ0n) is 11.7. The van der Waals surface area contributed by atoms with Gasteiger partial charge in [-0.05, 0) is 43.0 Å². The summed E-state index contributed by atoms with van der Waals surface area (Å²) in [5.74, 6) is 0. The Morgan fingerprint density at radius 1 is 1.10 bits per heavy atom. The highest BCUT2D eigenvalue weighted by Crippen LogP contribution is 2.27. The molecule has 0 radical (unpaired) electrons. The van der Waals surface area contributed by atoms with E-state index in [0.29, 0.717) is 12.2 Å². The predicted molar refractivity (Wildman–Crippen MR) is 81.2 cm³/mol. The molecule has 0 aliphatic rings. The van der Waals surface area contributed by atoms with Crippen LogP contribution in [0.25, 0.3) is 0 Å². The lowest BCUT2D eigenvalue weighted by Crippen LogP contribution is -2.07. The molecular weight excluding hydrogens is 252 g/mol. The van der Waals surface area contributed by atoms with Gasteiger partial charge in [-0.3, -0.25) is 10.1 Å².